The van der Waals surface area contributed by atoms with Crippen molar-refractivity contribution in [2.24, 2.45) is 0 Å². The molecule has 2 rings (SSSR count). The molecule has 0 saturated heterocycles. The standard InChI is InChI=1S/C14H15N3O2/c1-16(2)14(19)12-5-3-11(4-6-12)10-17-8-7-15-9-13(17)18/h3-9H,10H2,1-2H3. The van der Waals surface area contributed by atoms with E-state index in [-0.39, 0.29) is 11.5 Å². The highest BCUT2D eigenvalue weighted by atomic mass is 16.2. The number of carbonyl (C=O) groups is 1. The quantitative estimate of drug-likeness (QED) is 0.824. The van der Waals surface area contributed by atoms with Gasteiger partial charge in [-0.15, -0.1) is 0 Å². The van der Waals surface area contributed by atoms with E-state index in [1.165, 1.54) is 11.1 Å². The molecule has 1 aromatic heterocycles. The number of benzene rings is 1. The molecule has 0 aliphatic heterocycles. The molecule has 0 fully saturated rings. The van der Waals surface area contributed by atoms with Crippen LogP contribution in [0.15, 0.2) is 47.7 Å². The molecule has 0 unspecified atom stereocenters. The summed E-state index contributed by atoms with van der Waals surface area (Å²) in [7, 11) is 3.43. The van der Waals surface area contributed by atoms with E-state index in [4.69, 9.17) is 0 Å². The summed E-state index contributed by atoms with van der Waals surface area (Å²) in [6.07, 6.45) is 4.50. The fourth-order valence-electron chi connectivity index (χ4n) is 1.71. The number of hydrogen-bond acceptors (Lipinski definition) is 3. The van der Waals surface area contributed by atoms with Gasteiger partial charge in [-0.05, 0) is 17.7 Å². The number of amides is 1. The summed E-state index contributed by atoms with van der Waals surface area (Å²) in [4.78, 5) is 28.5. The van der Waals surface area contributed by atoms with Gasteiger partial charge in [0.05, 0.1) is 12.7 Å². The number of carbonyl (C=O) groups excluding carboxylic acids is 1. The minimum absolute atomic E-state index is 0.0346. The average Bonchev–Trinajstić information content (AvgIpc) is 2.41. The zero-order valence-electron chi connectivity index (χ0n) is 10.9. The van der Waals surface area contributed by atoms with Crippen molar-refractivity contribution in [2.45, 2.75) is 6.54 Å². The molecule has 5 nitrogen and oxygen atoms in total. The summed E-state index contributed by atoms with van der Waals surface area (Å²) < 4.78 is 1.57. The molecule has 0 saturated carbocycles. The second-order valence-corrected chi connectivity index (χ2v) is 4.44. The number of nitrogens with zero attached hydrogens (tertiary/aromatic N) is 3. The van der Waals surface area contributed by atoms with Crippen molar-refractivity contribution in [1.82, 2.24) is 14.5 Å². The summed E-state index contributed by atoms with van der Waals surface area (Å²) >= 11 is 0. The minimum Gasteiger partial charge on any atom is -0.345 e. The van der Waals surface area contributed by atoms with E-state index in [1.807, 2.05) is 12.1 Å². The molecular formula is C14H15N3O2. The van der Waals surface area contributed by atoms with Crippen molar-refractivity contribution in [3.8, 4) is 0 Å². The predicted octanol–water partition coefficient (Wildman–Crippen LogP) is 0.993. The van der Waals surface area contributed by atoms with E-state index in [0.29, 0.717) is 12.1 Å². The summed E-state index contributed by atoms with van der Waals surface area (Å²) in [5.74, 6) is -0.0346. The number of aromatic nitrogens is 2. The molecule has 0 aliphatic rings. The Balaban J connectivity index is 2.18. The Morgan fingerprint density at radius 3 is 2.53 bits per heavy atom. The van der Waals surface area contributed by atoms with Gasteiger partial charge in [0.2, 0.25) is 0 Å². The van der Waals surface area contributed by atoms with Gasteiger partial charge in [-0.2, -0.15) is 0 Å². The fourth-order valence-corrected chi connectivity index (χ4v) is 1.71. The van der Waals surface area contributed by atoms with Gasteiger partial charge >= 0.3 is 0 Å². The lowest BCUT2D eigenvalue weighted by Crippen LogP contribution is -2.22. The first-order valence-electron chi connectivity index (χ1n) is 5.89. The number of rotatable bonds is 3. The summed E-state index contributed by atoms with van der Waals surface area (Å²) in [6, 6.07) is 7.24. The summed E-state index contributed by atoms with van der Waals surface area (Å²) in [6.45, 7) is 0.470. The van der Waals surface area contributed by atoms with Gasteiger partial charge < -0.3 is 9.47 Å². The molecule has 2 aromatic rings. The van der Waals surface area contributed by atoms with Gasteiger partial charge in [0, 0.05) is 32.1 Å². The smallest absolute Gasteiger partial charge is 0.269 e. The second-order valence-electron chi connectivity index (χ2n) is 4.44. The molecule has 1 aromatic carbocycles. The van der Waals surface area contributed by atoms with E-state index in [2.05, 4.69) is 4.98 Å². The highest BCUT2D eigenvalue weighted by Gasteiger charge is 2.07. The van der Waals surface area contributed by atoms with Crippen LogP contribution < -0.4 is 5.56 Å². The lowest BCUT2D eigenvalue weighted by Gasteiger charge is -2.11. The zero-order chi connectivity index (χ0) is 13.8. The van der Waals surface area contributed by atoms with E-state index >= 15 is 0 Å². The van der Waals surface area contributed by atoms with Crippen LogP contribution in [0.4, 0.5) is 0 Å². The zero-order valence-corrected chi connectivity index (χ0v) is 10.9. The Kier molecular flexibility index (Phi) is 3.75. The third-order valence-corrected chi connectivity index (χ3v) is 2.76. The van der Waals surface area contributed by atoms with Crippen LogP contribution in [0, 0.1) is 0 Å². The Morgan fingerprint density at radius 1 is 1.26 bits per heavy atom. The molecule has 0 aliphatic carbocycles. The van der Waals surface area contributed by atoms with Gasteiger partial charge in [0.1, 0.15) is 0 Å². The highest BCUT2D eigenvalue weighted by molar-refractivity contribution is 5.93. The Hall–Kier alpha value is -2.43. The fraction of sp³-hybridized carbons (Fsp3) is 0.214. The van der Waals surface area contributed by atoms with Crippen molar-refractivity contribution >= 4 is 5.91 Å². The van der Waals surface area contributed by atoms with Gasteiger partial charge in [0.25, 0.3) is 11.5 Å². The van der Waals surface area contributed by atoms with Crippen LogP contribution in [0.25, 0.3) is 0 Å². The van der Waals surface area contributed by atoms with Crippen molar-refractivity contribution < 1.29 is 4.79 Å². The summed E-state index contributed by atoms with van der Waals surface area (Å²) in [5.41, 5.74) is 1.45. The second kappa shape index (κ2) is 5.48. The monoisotopic (exact) mass is 257 g/mol. The molecule has 0 bridgehead atoms. The van der Waals surface area contributed by atoms with Crippen LogP contribution in [0.2, 0.25) is 0 Å². The van der Waals surface area contributed by atoms with Gasteiger partial charge in [-0.25, -0.2) is 0 Å². The maximum atomic E-state index is 11.7. The molecule has 98 valence electrons. The molecule has 1 amide bonds. The predicted molar refractivity (Wildman–Crippen MR) is 72.1 cm³/mol. The molecule has 0 radical (unpaired) electrons. The molecule has 0 spiro atoms. The van der Waals surface area contributed by atoms with Crippen LogP contribution >= 0.6 is 0 Å². The molecule has 1 heterocycles. The molecule has 0 N–H and O–H groups in total. The maximum absolute atomic E-state index is 11.7. The average molecular weight is 257 g/mol. The lowest BCUT2D eigenvalue weighted by molar-refractivity contribution is 0.0827. The minimum atomic E-state index is -0.143. The van der Waals surface area contributed by atoms with E-state index in [1.54, 1.807) is 43.2 Å². The molecule has 5 heteroatoms. The van der Waals surface area contributed by atoms with Gasteiger partial charge in [-0.1, -0.05) is 12.1 Å². The lowest BCUT2D eigenvalue weighted by atomic mass is 10.1. The maximum Gasteiger partial charge on any atom is 0.269 e. The van der Waals surface area contributed by atoms with E-state index < -0.39 is 0 Å². The first-order valence-corrected chi connectivity index (χ1v) is 5.89. The Morgan fingerprint density at radius 2 is 1.95 bits per heavy atom. The Bertz CT molecular complexity index is 630. The normalized spacial score (nSPS) is 10.2. The van der Waals surface area contributed by atoms with Gasteiger partial charge in [-0.3, -0.25) is 14.6 Å². The van der Waals surface area contributed by atoms with Crippen LogP contribution in [-0.2, 0) is 6.54 Å². The largest absolute Gasteiger partial charge is 0.345 e. The SMILES string of the molecule is CN(C)C(=O)c1ccc(Cn2ccncc2=O)cc1. The van der Waals surface area contributed by atoms with Crippen LogP contribution in [-0.4, -0.2) is 34.5 Å². The first kappa shape index (κ1) is 13.0. The van der Waals surface area contributed by atoms with Crippen molar-refractivity contribution in [1.29, 1.82) is 0 Å². The van der Waals surface area contributed by atoms with E-state index in [0.717, 1.165) is 5.56 Å². The van der Waals surface area contributed by atoms with Crippen LogP contribution in [0.1, 0.15) is 15.9 Å². The Labute approximate surface area is 111 Å². The third-order valence-electron chi connectivity index (χ3n) is 2.76. The summed E-state index contributed by atoms with van der Waals surface area (Å²) in [5, 5.41) is 0. The van der Waals surface area contributed by atoms with Crippen LogP contribution in [0.3, 0.4) is 0 Å². The van der Waals surface area contributed by atoms with Crippen molar-refractivity contribution in [3.63, 3.8) is 0 Å². The van der Waals surface area contributed by atoms with Crippen LogP contribution in [0.5, 0.6) is 0 Å². The van der Waals surface area contributed by atoms with Crippen molar-refractivity contribution in [3.05, 3.63) is 64.3 Å². The molecule has 0 atom stereocenters. The number of hydrogen-bond donors (Lipinski definition) is 0. The van der Waals surface area contributed by atoms with E-state index in [9.17, 15) is 9.59 Å². The van der Waals surface area contributed by atoms with Gasteiger partial charge in [0.15, 0.2) is 0 Å². The molecular weight excluding hydrogens is 242 g/mol. The van der Waals surface area contributed by atoms with Crippen molar-refractivity contribution in [2.75, 3.05) is 14.1 Å². The topological polar surface area (TPSA) is 55.2 Å². The third kappa shape index (κ3) is 3.07. The molecule has 19 heavy (non-hydrogen) atoms. The highest BCUT2D eigenvalue weighted by Crippen LogP contribution is 2.07. The first-order chi connectivity index (χ1) is 9.08.